The van der Waals surface area contributed by atoms with Crippen LogP contribution in [-0.2, 0) is 0 Å². The molecule has 0 amide bonds. The van der Waals surface area contributed by atoms with Gasteiger partial charge in [-0.2, -0.15) is 0 Å². The highest BCUT2D eigenvalue weighted by atomic mass is 35.6. The molecule has 0 nitrogen and oxygen atoms in total. The molecule has 0 aliphatic carbocycles. The molecule has 0 atom stereocenters. The van der Waals surface area contributed by atoms with Crippen molar-refractivity contribution in [3.63, 3.8) is 0 Å². The predicted molar refractivity (Wildman–Crippen MR) is 49.0 cm³/mol. The molecule has 0 saturated heterocycles. The summed E-state index contributed by atoms with van der Waals surface area (Å²) < 4.78 is -1.50. The van der Waals surface area contributed by atoms with Gasteiger partial charge in [-0.15, -0.1) is 0 Å². The Labute approximate surface area is 80.4 Å². The summed E-state index contributed by atoms with van der Waals surface area (Å²) in [4.78, 5) is 0. The summed E-state index contributed by atoms with van der Waals surface area (Å²) >= 11 is 21.8. The second kappa shape index (κ2) is 4.50. The van der Waals surface area contributed by atoms with Gasteiger partial charge in [0.2, 0.25) is 3.79 Å². The zero-order chi connectivity index (χ0) is 8.20. The Morgan fingerprint density at radius 3 is 2.10 bits per heavy atom. The molecule has 0 aromatic rings. The van der Waals surface area contributed by atoms with Gasteiger partial charge in [0.1, 0.15) is 0 Å². The van der Waals surface area contributed by atoms with E-state index in [9.17, 15) is 0 Å². The Kier molecular flexibility index (Phi) is 4.79. The molecule has 0 aromatic heterocycles. The van der Waals surface area contributed by atoms with Crippen molar-refractivity contribution in [1.29, 1.82) is 0 Å². The molecule has 0 radical (unpaired) electrons. The summed E-state index contributed by atoms with van der Waals surface area (Å²) in [7, 11) is 0. The maximum absolute atomic E-state index is 5.55. The summed E-state index contributed by atoms with van der Waals surface area (Å²) in [5, 5.41) is 0.190. The number of alkyl halides is 3. The molecule has 0 heterocycles. The molecular formula is C6H6Cl4. The Morgan fingerprint density at radius 1 is 1.30 bits per heavy atom. The van der Waals surface area contributed by atoms with Gasteiger partial charge >= 0.3 is 0 Å². The smallest absolute Gasteiger partial charge is 0.0876 e. The zero-order valence-electron chi connectivity index (χ0n) is 5.24. The number of allylic oxidation sites excluding steroid dienone is 4. The van der Waals surface area contributed by atoms with Crippen LogP contribution in [0.5, 0.6) is 0 Å². The van der Waals surface area contributed by atoms with Crippen LogP contribution in [0.1, 0.15) is 6.92 Å². The first kappa shape index (κ1) is 10.6. The largest absolute Gasteiger partial charge is 0.226 e. The lowest BCUT2D eigenvalue weighted by molar-refractivity contribution is 1.41. The van der Waals surface area contributed by atoms with Gasteiger partial charge in [0, 0.05) is 0 Å². The Bertz CT molecular complexity index is 152. The summed E-state index contributed by atoms with van der Waals surface area (Å²) in [6.07, 6.45) is 5.03. The lowest BCUT2D eigenvalue weighted by Crippen LogP contribution is -2.00. The standard InChI is InChI=1S/C6H6Cl4/c1-2-3-4-5(7)6(8,9)10/h2-4H,1H3. The fourth-order valence-electron chi connectivity index (χ4n) is 0.275. The topological polar surface area (TPSA) is 0 Å². The van der Waals surface area contributed by atoms with E-state index in [0.29, 0.717) is 0 Å². The highest BCUT2D eigenvalue weighted by Gasteiger charge is 2.23. The molecule has 0 spiro atoms. The summed E-state index contributed by atoms with van der Waals surface area (Å²) in [5.74, 6) is 0. The van der Waals surface area contributed by atoms with Gasteiger partial charge in [0.15, 0.2) is 0 Å². The van der Waals surface area contributed by atoms with Crippen LogP contribution in [0.4, 0.5) is 0 Å². The van der Waals surface area contributed by atoms with Gasteiger partial charge in [-0.1, -0.05) is 58.6 Å². The number of hydrogen-bond acceptors (Lipinski definition) is 0. The molecule has 0 saturated carbocycles. The minimum Gasteiger partial charge on any atom is -0.0876 e. The van der Waals surface area contributed by atoms with Crippen molar-refractivity contribution < 1.29 is 0 Å². The SMILES string of the molecule is CC=CC=C(Cl)C(Cl)(Cl)Cl. The third-order valence-corrected chi connectivity index (χ3v) is 2.02. The second-order valence-corrected chi connectivity index (χ2v) is 4.23. The third kappa shape index (κ3) is 4.45. The van der Waals surface area contributed by atoms with Crippen molar-refractivity contribution in [3.8, 4) is 0 Å². The van der Waals surface area contributed by atoms with Gasteiger partial charge in [-0.3, -0.25) is 0 Å². The zero-order valence-corrected chi connectivity index (χ0v) is 8.27. The first-order chi connectivity index (χ1) is 4.48. The number of hydrogen-bond donors (Lipinski definition) is 0. The molecule has 0 aliphatic heterocycles. The van der Waals surface area contributed by atoms with Crippen molar-refractivity contribution in [2.75, 3.05) is 0 Å². The normalized spacial score (nSPS) is 14.7. The quantitative estimate of drug-likeness (QED) is 0.461. The molecule has 0 aromatic carbocycles. The van der Waals surface area contributed by atoms with Gasteiger partial charge in [0.25, 0.3) is 0 Å². The summed E-state index contributed by atoms with van der Waals surface area (Å²) in [6, 6.07) is 0. The van der Waals surface area contributed by atoms with Gasteiger partial charge in [-0.25, -0.2) is 0 Å². The fraction of sp³-hybridized carbons (Fsp3) is 0.333. The van der Waals surface area contributed by atoms with Crippen LogP contribution in [0.25, 0.3) is 0 Å². The Balaban J connectivity index is 4.20. The van der Waals surface area contributed by atoms with E-state index in [1.54, 1.807) is 12.2 Å². The van der Waals surface area contributed by atoms with E-state index >= 15 is 0 Å². The molecular weight excluding hydrogens is 214 g/mol. The Hall–Kier alpha value is 0.640. The van der Waals surface area contributed by atoms with E-state index in [1.807, 2.05) is 6.92 Å². The molecule has 10 heavy (non-hydrogen) atoms. The molecule has 0 unspecified atom stereocenters. The molecule has 0 rings (SSSR count). The lowest BCUT2D eigenvalue weighted by atomic mass is 10.4. The molecule has 0 bridgehead atoms. The maximum atomic E-state index is 5.55. The highest BCUT2D eigenvalue weighted by Crippen LogP contribution is 2.36. The molecule has 0 fully saturated rings. The minimum absolute atomic E-state index is 0.190. The van der Waals surface area contributed by atoms with E-state index in [-0.39, 0.29) is 5.03 Å². The van der Waals surface area contributed by atoms with E-state index in [0.717, 1.165) is 0 Å². The van der Waals surface area contributed by atoms with Crippen molar-refractivity contribution in [2.45, 2.75) is 10.7 Å². The average molecular weight is 220 g/mol. The van der Waals surface area contributed by atoms with Crippen LogP contribution in [0.2, 0.25) is 0 Å². The second-order valence-electron chi connectivity index (χ2n) is 1.54. The van der Waals surface area contributed by atoms with Crippen LogP contribution in [0, 0.1) is 0 Å². The van der Waals surface area contributed by atoms with Gasteiger partial charge in [0.05, 0.1) is 5.03 Å². The maximum Gasteiger partial charge on any atom is 0.226 e. The number of halogens is 4. The molecule has 58 valence electrons. The first-order valence-corrected chi connectivity index (χ1v) is 4.05. The van der Waals surface area contributed by atoms with Crippen LogP contribution in [0.3, 0.4) is 0 Å². The van der Waals surface area contributed by atoms with E-state index in [1.165, 1.54) is 6.08 Å². The van der Waals surface area contributed by atoms with Crippen LogP contribution in [0.15, 0.2) is 23.3 Å². The lowest BCUT2D eigenvalue weighted by Gasteiger charge is -2.06. The van der Waals surface area contributed by atoms with Crippen molar-refractivity contribution >= 4 is 46.4 Å². The Morgan fingerprint density at radius 2 is 1.80 bits per heavy atom. The fourth-order valence-corrected chi connectivity index (χ4v) is 0.537. The predicted octanol–water partition coefficient (Wildman–Crippen LogP) is 4.06. The van der Waals surface area contributed by atoms with Crippen molar-refractivity contribution in [3.05, 3.63) is 23.3 Å². The van der Waals surface area contributed by atoms with E-state index in [4.69, 9.17) is 46.4 Å². The van der Waals surface area contributed by atoms with Crippen molar-refractivity contribution in [1.82, 2.24) is 0 Å². The molecule has 0 N–H and O–H groups in total. The average Bonchev–Trinajstić information content (AvgIpc) is 1.80. The van der Waals surface area contributed by atoms with Gasteiger partial charge < -0.3 is 0 Å². The van der Waals surface area contributed by atoms with E-state index < -0.39 is 3.79 Å². The monoisotopic (exact) mass is 218 g/mol. The summed E-state index contributed by atoms with van der Waals surface area (Å²) in [5.41, 5.74) is 0. The summed E-state index contributed by atoms with van der Waals surface area (Å²) in [6.45, 7) is 1.85. The van der Waals surface area contributed by atoms with E-state index in [2.05, 4.69) is 0 Å². The van der Waals surface area contributed by atoms with Crippen LogP contribution >= 0.6 is 46.4 Å². The van der Waals surface area contributed by atoms with Crippen LogP contribution < -0.4 is 0 Å². The third-order valence-electron chi connectivity index (χ3n) is 0.706. The van der Waals surface area contributed by atoms with Gasteiger partial charge in [-0.05, 0) is 13.0 Å². The molecule has 4 heteroatoms. The first-order valence-electron chi connectivity index (χ1n) is 2.54. The van der Waals surface area contributed by atoms with Crippen LogP contribution in [-0.4, -0.2) is 3.79 Å². The number of rotatable bonds is 1. The minimum atomic E-state index is -1.50. The highest BCUT2D eigenvalue weighted by molar-refractivity contribution is 6.72. The van der Waals surface area contributed by atoms with Crippen molar-refractivity contribution in [2.24, 2.45) is 0 Å². The molecule has 0 aliphatic rings.